The number of benzene rings is 1. The van der Waals surface area contributed by atoms with Crippen LogP contribution in [0.3, 0.4) is 0 Å². The Kier molecular flexibility index (Phi) is 11.4. The first-order valence-corrected chi connectivity index (χ1v) is 16.7. The molecule has 6 rings (SSSR count). The van der Waals surface area contributed by atoms with E-state index in [0.717, 1.165) is 42.6 Å². The minimum Gasteiger partial charge on any atom is -0.483 e. The molecule has 14 nitrogen and oxygen atoms in total. The Morgan fingerprint density at radius 2 is 1.85 bits per heavy atom. The van der Waals surface area contributed by atoms with Crippen molar-refractivity contribution in [2.45, 2.75) is 68.8 Å². The van der Waals surface area contributed by atoms with Crippen molar-refractivity contribution in [2.24, 2.45) is 13.0 Å². The third-order valence-electron chi connectivity index (χ3n) is 9.20. The number of carbonyl (C=O) groups is 4. The van der Waals surface area contributed by atoms with Gasteiger partial charge in [0, 0.05) is 45.0 Å². The maximum Gasteiger partial charge on any atom is 0.435 e. The third-order valence-corrected chi connectivity index (χ3v) is 9.51. The highest BCUT2D eigenvalue weighted by atomic mass is 35.5. The maximum atomic E-state index is 13.8. The first-order valence-electron chi connectivity index (χ1n) is 16.3. The number of likely N-dealkylation sites (tertiary alicyclic amines) is 1. The van der Waals surface area contributed by atoms with Gasteiger partial charge in [-0.15, -0.1) is 0 Å². The van der Waals surface area contributed by atoms with Gasteiger partial charge in [0.15, 0.2) is 11.5 Å². The number of aromatic nitrogens is 4. The average molecular weight is 759 g/mol. The first kappa shape index (κ1) is 38.5. The molecule has 2 aliphatic carbocycles. The van der Waals surface area contributed by atoms with Crippen molar-refractivity contribution in [1.82, 2.24) is 34.9 Å². The molecule has 3 fully saturated rings. The fourth-order valence-corrected chi connectivity index (χ4v) is 6.64. The molecule has 1 aromatic carbocycles. The molecule has 2 unspecified atom stereocenters. The van der Waals surface area contributed by atoms with E-state index in [0.29, 0.717) is 30.7 Å². The number of imidazole rings is 1. The number of nitrogens with zero attached hydrogens (tertiary/aromatic N) is 5. The van der Waals surface area contributed by atoms with Crippen molar-refractivity contribution in [3.8, 4) is 11.3 Å². The summed E-state index contributed by atoms with van der Waals surface area (Å²) in [6.45, 7) is 1.07. The number of alkyl halides is 5. The van der Waals surface area contributed by atoms with E-state index >= 15 is 0 Å². The maximum absolute atomic E-state index is 13.8. The topological polar surface area (TPSA) is 184 Å². The minimum absolute atomic E-state index is 0.00756. The van der Waals surface area contributed by atoms with Gasteiger partial charge in [-0.1, -0.05) is 11.6 Å². The van der Waals surface area contributed by atoms with Crippen LogP contribution in [0.4, 0.5) is 32.4 Å². The molecule has 3 aromatic rings. The second-order valence-electron chi connectivity index (χ2n) is 12.8. The van der Waals surface area contributed by atoms with Crippen molar-refractivity contribution in [3.05, 3.63) is 52.7 Å². The van der Waals surface area contributed by atoms with Gasteiger partial charge in [-0.2, -0.15) is 18.3 Å². The minimum atomic E-state index is -4.95. The Hall–Kier alpha value is -4.78. The number of aliphatic hydroxyl groups excluding tert-OH is 1. The number of piperidine rings is 1. The lowest BCUT2D eigenvalue weighted by atomic mass is 9.98. The molecule has 4 atom stereocenters. The van der Waals surface area contributed by atoms with Crippen molar-refractivity contribution in [1.29, 1.82) is 0 Å². The van der Waals surface area contributed by atoms with E-state index in [1.165, 1.54) is 25.2 Å². The second kappa shape index (κ2) is 15.4. The van der Waals surface area contributed by atoms with Crippen molar-refractivity contribution < 1.29 is 51.3 Å². The van der Waals surface area contributed by atoms with Gasteiger partial charge in [-0.3, -0.25) is 19.1 Å². The number of nitrogens with one attached hydrogen (secondary N) is 3. The van der Waals surface area contributed by atoms with Crippen LogP contribution in [-0.2, 0) is 18.0 Å². The van der Waals surface area contributed by atoms with Crippen molar-refractivity contribution in [2.75, 3.05) is 25.0 Å². The number of rotatable bonds is 8. The zero-order valence-corrected chi connectivity index (χ0v) is 28.4. The summed E-state index contributed by atoms with van der Waals surface area (Å²) in [6.07, 6.45) is -0.383. The van der Waals surface area contributed by atoms with Crippen LogP contribution in [0.1, 0.15) is 71.2 Å². The van der Waals surface area contributed by atoms with Crippen molar-refractivity contribution in [3.63, 3.8) is 0 Å². The van der Waals surface area contributed by atoms with E-state index in [9.17, 15) is 41.4 Å². The number of urea groups is 1. The predicted octanol–water partition coefficient (Wildman–Crippen LogP) is 4.55. The number of amides is 4. The average Bonchev–Trinajstić information content (AvgIpc) is 3.47. The van der Waals surface area contributed by atoms with E-state index in [1.54, 1.807) is 4.90 Å². The predicted molar refractivity (Wildman–Crippen MR) is 175 cm³/mol. The molecular weight excluding hydrogens is 723 g/mol. The van der Waals surface area contributed by atoms with Gasteiger partial charge < -0.3 is 35.6 Å². The Morgan fingerprint density at radius 3 is 2.46 bits per heavy atom. The summed E-state index contributed by atoms with van der Waals surface area (Å²) in [6, 6.07) is 2.20. The van der Waals surface area contributed by atoms with E-state index in [2.05, 4.69) is 26.0 Å². The van der Waals surface area contributed by atoms with Crippen molar-refractivity contribution >= 4 is 41.6 Å². The molecule has 1 saturated heterocycles. The second-order valence-corrected chi connectivity index (χ2v) is 13.3. The largest absolute Gasteiger partial charge is 0.483 e. The van der Waals surface area contributed by atoms with Gasteiger partial charge in [0.1, 0.15) is 6.04 Å². The van der Waals surface area contributed by atoms with Gasteiger partial charge in [-0.05, 0) is 56.2 Å². The highest BCUT2D eigenvalue weighted by Gasteiger charge is 2.59. The molecule has 1 aliphatic heterocycles. The number of halogens is 6. The summed E-state index contributed by atoms with van der Waals surface area (Å²) in [5, 5.41) is 28.6. The molecule has 3 aliphatic rings. The number of anilines is 1. The SMILES string of the molecule is Cn1c(-c2cn(C3CC3(F)F)nc2C(F)(F)F)cnc1C(=O)Nc1ccc(C(=O)NCC2CCCN(C(=O)N[C@H]3CCC[C@@H]3O)C2)c(Cl)c1.O=CO. The lowest BCUT2D eigenvalue weighted by molar-refractivity contribution is -0.141. The number of aliphatic hydroxyl groups is 1. The van der Waals surface area contributed by atoms with E-state index in [4.69, 9.17) is 21.5 Å². The highest BCUT2D eigenvalue weighted by Crippen LogP contribution is 2.53. The third kappa shape index (κ3) is 8.63. The molecule has 0 spiro atoms. The van der Waals surface area contributed by atoms with Gasteiger partial charge in [0.05, 0.1) is 40.2 Å². The standard InChI is InChI=1S/C31H34ClF5N8O4.CH2O2/c1-43-22(19-15-45(24-11-30(24,33)34)42-25(19)31(35,36)37)13-38-26(43)28(48)40-17-7-8-18(20(32)10-17)27(47)39-12-16-4-3-9-44(14-16)29(49)41-21-5-2-6-23(21)46;2-1-3/h7-8,10,13,15-16,21,23-24,46H,2-6,9,11-12,14H2,1H3,(H,39,47)(H,40,48)(H,41,49);1H,(H,2,3)/t16?,21-,23-,24?;/m0./s1. The smallest absolute Gasteiger partial charge is 0.435 e. The highest BCUT2D eigenvalue weighted by molar-refractivity contribution is 6.34. The molecule has 282 valence electrons. The van der Waals surface area contributed by atoms with E-state index in [-0.39, 0.29) is 52.3 Å². The molecule has 52 heavy (non-hydrogen) atoms. The summed E-state index contributed by atoms with van der Waals surface area (Å²) in [5.41, 5.74) is -1.73. The zero-order valence-electron chi connectivity index (χ0n) is 27.7. The number of hydrogen-bond donors (Lipinski definition) is 5. The lowest BCUT2D eigenvalue weighted by Crippen LogP contribution is -2.51. The van der Waals surface area contributed by atoms with Crippen LogP contribution in [0.25, 0.3) is 11.3 Å². The summed E-state index contributed by atoms with van der Waals surface area (Å²) < 4.78 is 70.1. The molecule has 20 heteroatoms. The quantitative estimate of drug-likeness (QED) is 0.164. The fraction of sp³-hybridized carbons (Fsp3) is 0.500. The molecule has 5 N–H and O–H groups in total. The van der Waals surface area contributed by atoms with Gasteiger partial charge >= 0.3 is 12.2 Å². The molecular formula is C32H36ClF5N8O6. The molecule has 2 aromatic heterocycles. The Balaban J connectivity index is 0.00000168. The van der Waals surface area contributed by atoms with Crippen LogP contribution in [-0.4, -0.2) is 96.5 Å². The summed E-state index contributed by atoms with van der Waals surface area (Å²) >= 11 is 6.38. The van der Waals surface area contributed by atoms with Crippen LogP contribution in [0.15, 0.2) is 30.6 Å². The van der Waals surface area contributed by atoms with Crippen LogP contribution in [0.5, 0.6) is 0 Å². The normalized spacial score (nSPS) is 22.2. The summed E-state index contributed by atoms with van der Waals surface area (Å²) in [7, 11) is 1.30. The van der Waals surface area contributed by atoms with E-state index < -0.39 is 53.7 Å². The van der Waals surface area contributed by atoms with Gasteiger partial charge in [0.2, 0.25) is 0 Å². The first-order chi connectivity index (χ1) is 24.5. The molecule has 3 heterocycles. The fourth-order valence-electron chi connectivity index (χ4n) is 6.38. The molecule has 4 amide bonds. The van der Waals surface area contributed by atoms with Crippen LogP contribution in [0.2, 0.25) is 5.02 Å². The Morgan fingerprint density at radius 1 is 1.13 bits per heavy atom. The molecule has 0 bridgehead atoms. The van der Waals surface area contributed by atoms with Crippen LogP contribution in [0, 0.1) is 5.92 Å². The van der Waals surface area contributed by atoms with Crippen LogP contribution >= 0.6 is 11.6 Å². The van der Waals surface area contributed by atoms with Gasteiger partial charge in [-0.25, -0.2) is 18.6 Å². The summed E-state index contributed by atoms with van der Waals surface area (Å²) in [4.78, 5) is 52.8. The monoisotopic (exact) mass is 758 g/mol. The zero-order chi connectivity index (χ0) is 38.0. The van der Waals surface area contributed by atoms with Gasteiger partial charge in [0.25, 0.3) is 24.2 Å². The van der Waals surface area contributed by atoms with Crippen LogP contribution < -0.4 is 16.0 Å². The Labute approximate surface area is 298 Å². The number of carboxylic acid groups (broad SMARTS) is 1. The summed E-state index contributed by atoms with van der Waals surface area (Å²) in [5.74, 6) is -4.69. The number of carbonyl (C=O) groups excluding carboxylic acids is 3. The molecule has 2 saturated carbocycles. The lowest BCUT2D eigenvalue weighted by Gasteiger charge is -2.34. The number of hydrogen-bond acceptors (Lipinski definition) is 7. The van der Waals surface area contributed by atoms with E-state index in [1.807, 2.05) is 0 Å². The molecule has 0 radical (unpaired) electrons. The Bertz CT molecular complexity index is 1820.